The maximum atomic E-state index is 12.4. The van der Waals surface area contributed by atoms with Gasteiger partial charge in [-0.1, -0.05) is 16.8 Å². The fourth-order valence-corrected chi connectivity index (χ4v) is 2.97. The molecule has 0 bridgehead atoms. The van der Waals surface area contributed by atoms with Crippen LogP contribution in [0.4, 0.5) is 4.79 Å². The van der Waals surface area contributed by atoms with E-state index >= 15 is 0 Å². The van der Waals surface area contributed by atoms with Crippen LogP contribution in [0.25, 0.3) is 11.3 Å². The average Bonchev–Trinajstić information content (AvgIpc) is 3.14. The molecule has 0 radical (unpaired) electrons. The van der Waals surface area contributed by atoms with Gasteiger partial charge in [-0.2, -0.15) is 0 Å². The molecule has 24 heavy (non-hydrogen) atoms. The number of aromatic nitrogens is 2. The molecule has 128 valence electrons. The van der Waals surface area contributed by atoms with Crippen molar-refractivity contribution in [2.45, 2.75) is 45.3 Å². The SMILES string of the molecule is CC(C)(C)OC(=O)N1CCC[C@H]1c1cc(-c2cccnc2Cl)no1. The Morgan fingerprint density at radius 2 is 2.25 bits per heavy atom. The number of nitrogens with zero attached hydrogens (tertiary/aromatic N) is 3. The molecule has 2 aromatic rings. The molecule has 0 aromatic carbocycles. The second kappa shape index (κ2) is 6.43. The van der Waals surface area contributed by atoms with Gasteiger partial charge in [-0.15, -0.1) is 0 Å². The number of hydrogen-bond acceptors (Lipinski definition) is 5. The summed E-state index contributed by atoms with van der Waals surface area (Å²) in [6.45, 7) is 6.20. The molecule has 7 heteroatoms. The molecule has 1 fully saturated rings. The molecule has 3 heterocycles. The van der Waals surface area contributed by atoms with Gasteiger partial charge in [0.15, 0.2) is 5.76 Å². The maximum absolute atomic E-state index is 12.4. The molecule has 1 aliphatic heterocycles. The highest BCUT2D eigenvalue weighted by atomic mass is 35.5. The van der Waals surface area contributed by atoms with Gasteiger partial charge in [0.1, 0.15) is 16.4 Å². The van der Waals surface area contributed by atoms with Crippen molar-refractivity contribution in [1.29, 1.82) is 0 Å². The lowest BCUT2D eigenvalue weighted by atomic mass is 10.1. The number of likely N-dealkylation sites (tertiary alicyclic amines) is 1. The lowest BCUT2D eigenvalue weighted by Crippen LogP contribution is -2.36. The fraction of sp³-hybridized carbons (Fsp3) is 0.471. The molecule has 0 aliphatic carbocycles. The normalized spacial score (nSPS) is 18.0. The van der Waals surface area contributed by atoms with Crippen LogP contribution in [0.15, 0.2) is 28.9 Å². The number of rotatable bonds is 2. The van der Waals surface area contributed by atoms with Crippen molar-refractivity contribution < 1.29 is 14.1 Å². The fourth-order valence-electron chi connectivity index (χ4n) is 2.75. The summed E-state index contributed by atoms with van der Waals surface area (Å²) < 4.78 is 11.0. The van der Waals surface area contributed by atoms with E-state index < -0.39 is 5.60 Å². The summed E-state index contributed by atoms with van der Waals surface area (Å²) in [4.78, 5) is 18.1. The number of pyridine rings is 1. The Bertz CT molecular complexity index is 739. The van der Waals surface area contributed by atoms with Crippen LogP contribution in [0.2, 0.25) is 5.15 Å². The van der Waals surface area contributed by atoms with Gasteiger partial charge in [0.2, 0.25) is 0 Å². The quantitative estimate of drug-likeness (QED) is 0.748. The van der Waals surface area contributed by atoms with Crippen LogP contribution >= 0.6 is 11.6 Å². The van der Waals surface area contributed by atoms with Crippen LogP contribution < -0.4 is 0 Å². The molecule has 2 aromatic heterocycles. The third-order valence-electron chi connectivity index (χ3n) is 3.77. The first-order chi connectivity index (χ1) is 11.3. The highest BCUT2D eigenvalue weighted by Crippen LogP contribution is 2.35. The lowest BCUT2D eigenvalue weighted by Gasteiger charge is -2.27. The Hall–Kier alpha value is -2.08. The molecule has 1 amide bonds. The van der Waals surface area contributed by atoms with E-state index in [2.05, 4.69) is 10.1 Å². The van der Waals surface area contributed by atoms with Gasteiger partial charge < -0.3 is 9.26 Å². The molecular formula is C17H20ClN3O3. The van der Waals surface area contributed by atoms with E-state index in [-0.39, 0.29) is 12.1 Å². The summed E-state index contributed by atoms with van der Waals surface area (Å²) in [5, 5.41) is 4.45. The van der Waals surface area contributed by atoms with Crippen molar-refractivity contribution in [2.75, 3.05) is 6.54 Å². The van der Waals surface area contributed by atoms with Crippen LogP contribution in [0, 0.1) is 0 Å². The molecule has 1 atom stereocenters. The summed E-state index contributed by atoms with van der Waals surface area (Å²) in [7, 11) is 0. The highest BCUT2D eigenvalue weighted by molar-refractivity contribution is 6.32. The van der Waals surface area contributed by atoms with Crippen molar-refractivity contribution in [3.63, 3.8) is 0 Å². The maximum Gasteiger partial charge on any atom is 0.410 e. The standard InChI is InChI=1S/C17H20ClN3O3/c1-17(2,3)23-16(22)21-9-5-7-13(21)14-10-12(20-24-14)11-6-4-8-19-15(11)18/h4,6,8,10,13H,5,7,9H2,1-3H3/t13-/m0/s1. The summed E-state index contributed by atoms with van der Waals surface area (Å²) in [5.74, 6) is 0.633. The number of carbonyl (C=O) groups excluding carboxylic acids is 1. The van der Waals surface area contributed by atoms with Crippen LogP contribution in [-0.2, 0) is 4.74 Å². The van der Waals surface area contributed by atoms with Gasteiger partial charge in [-0.25, -0.2) is 9.78 Å². The largest absolute Gasteiger partial charge is 0.444 e. The number of amides is 1. The molecule has 0 spiro atoms. The number of ether oxygens (including phenoxy) is 1. The summed E-state index contributed by atoms with van der Waals surface area (Å²) in [6, 6.07) is 5.27. The monoisotopic (exact) mass is 349 g/mol. The topological polar surface area (TPSA) is 68.5 Å². The second-order valence-corrected chi connectivity index (χ2v) is 7.15. The molecule has 6 nitrogen and oxygen atoms in total. The third kappa shape index (κ3) is 3.53. The molecule has 0 unspecified atom stereocenters. The highest BCUT2D eigenvalue weighted by Gasteiger charge is 2.35. The van der Waals surface area contributed by atoms with Crippen molar-refractivity contribution >= 4 is 17.7 Å². The first-order valence-corrected chi connectivity index (χ1v) is 8.30. The first-order valence-electron chi connectivity index (χ1n) is 7.92. The minimum Gasteiger partial charge on any atom is -0.444 e. The first kappa shape index (κ1) is 16.8. The number of halogens is 1. The van der Waals surface area contributed by atoms with Crippen molar-refractivity contribution in [3.05, 3.63) is 35.3 Å². The third-order valence-corrected chi connectivity index (χ3v) is 4.07. The van der Waals surface area contributed by atoms with Crippen LogP contribution in [0.1, 0.15) is 45.4 Å². The summed E-state index contributed by atoms with van der Waals surface area (Å²) in [5.41, 5.74) is 0.787. The van der Waals surface area contributed by atoms with E-state index in [0.717, 1.165) is 12.8 Å². The van der Waals surface area contributed by atoms with Crippen LogP contribution in [-0.4, -0.2) is 33.3 Å². The van der Waals surface area contributed by atoms with Gasteiger partial charge in [0.25, 0.3) is 0 Å². The number of hydrogen-bond donors (Lipinski definition) is 0. The summed E-state index contributed by atoms with van der Waals surface area (Å²) in [6.07, 6.45) is 3.00. The van der Waals surface area contributed by atoms with Crippen LogP contribution in [0.3, 0.4) is 0 Å². The van der Waals surface area contributed by atoms with Gasteiger partial charge in [-0.3, -0.25) is 4.90 Å². The molecule has 3 rings (SSSR count). The predicted octanol–water partition coefficient (Wildman–Crippen LogP) is 4.46. The Balaban J connectivity index is 1.81. The molecule has 1 saturated heterocycles. The zero-order valence-electron chi connectivity index (χ0n) is 14.0. The lowest BCUT2D eigenvalue weighted by molar-refractivity contribution is 0.0204. The van der Waals surface area contributed by atoms with Gasteiger partial charge >= 0.3 is 6.09 Å². The smallest absolute Gasteiger partial charge is 0.410 e. The summed E-state index contributed by atoms with van der Waals surface area (Å²) >= 11 is 6.10. The average molecular weight is 350 g/mol. The van der Waals surface area contributed by atoms with Crippen molar-refractivity contribution in [3.8, 4) is 11.3 Å². The van der Waals surface area contributed by atoms with E-state index in [1.165, 1.54) is 0 Å². The van der Waals surface area contributed by atoms with E-state index in [0.29, 0.717) is 28.7 Å². The minimum atomic E-state index is -0.528. The Morgan fingerprint density at radius 3 is 2.96 bits per heavy atom. The van der Waals surface area contributed by atoms with E-state index in [9.17, 15) is 4.79 Å². The molecule has 0 saturated carbocycles. The van der Waals surface area contributed by atoms with Crippen LogP contribution in [0.5, 0.6) is 0 Å². The van der Waals surface area contributed by atoms with Gasteiger partial charge in [0, 0.05) is 24.4 Å². The zero-order chi connectivity index (χ0) is 17.3. The Kier molecular flexibility index (Phi) is 4.49. The van der Waals surface area contributed by atoms with Gasteiger partial charge in [0.05, 0.1) is 6.04 Å². The predicted molar refractivity (Wildman–Crippen MR) is 89.7 cm³/mol. The Labute approximate surface area is 145 Å². The van der Waals surface area contributed by atoms with Crippen molar-refractivity contribution in [2.24, 2.45) is 0 Å². The van der Waals surface area contributed by atoms with E-state index in [1.807, 2.05) is 32.9 Å². The van der Waals surface area contributed by atoms with E-state index in [4.69, 9.17) is 20.9 Å². The molecular weight excluding hydrogens is 330 g/mol. The van der Waals surface area contributed by atoms with Crippen molar-refractivity contribution in [1.82, 2.24) is 15.0 Å². The second-order valence-electron chi connectivity index (χ2n) is 6.79. The van der Waals surface area contributed by atoms with Gasteiger partial charge in [-0.05, 0) is 45.7 Å². The minimum absolute atomic E-state index is 0.170. The number of carbonyl (C=O) groups is 1. The zero-order valence-corrected chi connectivity index (χ0v) is 14.7. The molecule has 0 N–H and O–H groups in total. The molecule has 1 aliphatic rings. The van der Waals surface area contributed by atoms with E-state index in [1.54, 1.807) is 17.2 Å². The Morgan fingerprint density at radius 1 is 1.46 bits per heavy atom.